The van der Waals surface area contributed by atoms with Gasteiger partial charge in [0.15, 0.2) is 0 Å². The first-order chi connectivity index (χ1) is 18.0. The maximum Gasteiger partial charge on any atom is 0.340 e. The van der Waals surface area contributed by atoms with Gasteiger partial charge in [-0.15, -0.1) is 0 Å². The fourth-order valence-electron chi connectivity index (χ4n) is 4.15. The second-order valence-electron chi connectivity index (χ2n) is 8.82. The van der Waals surface area contributed by atoms with Gasteiger partial charge >= 0.3 is 5.97 Å². The number of carbonyl (C=O) groups is 2. The number of nitrogens with zero attached hydrogens (tertiary/aromatic N) is 2. The number of para-hydroxylation sites is 1. The molecule has 2 heterocycles. The van der Waals surface area contributed by atoms with Gasteiger partial charge < -0.3 is 10.1 Å². The van der Waals surface area contributed by atoms with Crippen LogP contribution in [0.2, 0.25) is 0 Å². The summed E-state index contributed by atoms with van der Waals surface area (Å²) in [5.41, 5.74) is 5.51. The Hall–Kier alpha value is -4.84. The quantitative estimate of drug-likeness (QED) is 0.278. The van der Waals surface area contributed by atoms with Gasteiger partial charge in [-0.3, -0.25) is 9.78 Å². The highest BCUT2D eigenvalue weighted by atomic mass is 16.5. The van der Waals surface area contributed by atoms with E-state index in [9.17, 15) is 9.59 Å². The van der Waals surface area contributed by atoms with Crippen molar-refractivity contribution < 1.29 is 14.3 Å². The van der Waals surface area contributed by atoms with E-state index >= 15 is 0 Å². The van der Waals surface area contributed by atoms with Crippen molar-refractivity contribution in [2.45, 2.75) is 20.0 Å². The van der Waals surface area contributed by atoms with Crippen LogP contribution < -0.4 is 5.32 Å². The number of nitrogens with one attached hydrogen (secondary N) is 1. The summed E-state index contributed by atoms with van der Waals surface area (Å²) in [5, 5.41) is 3.58. The zero-order chi connectivity index (χ0) is 25.8. The molecular formula is C31H25N3O3. The molecule has 0 fully saturated rings. The molecule has 1 N–H and O–H groups in total. The van der Waals surface area contributed by atoms with E-state index in [-0.39, 0.29) is 0 Å². The number of aryl methyl sites for hydroxylation is 2. The van der Waals surface area contributed by atoms with Crippen molar-refractivity contribution in [1.29, 1.82) is 0 Å². The lowest BCUT2D eigenvalue weighted by Gasteiger charge is -2.20. The van der Waals surface area contributed by atoms with Crippen LogP contribution in [0.3, 0.4) is 0 Å². The van der Waals surface area contributed by atoms with Crippen LogP contribution >= 0.6 is 0 Å². The number of ether oxygens (including phenoxy) is 1. The summed E-state index contributed by atoms with van der Waals surface area (Å²) >= 11 is 0. The summed E-state index contributed by atoms with van der Waals surface area (Å²) in [7, 11) is 0. The molecule has 1 amide bonds. The van der Waals surface area contributed by atoms with Gasteiger partial charge in [-0.25, -0.2) is 9.78 Å². The highest BCUT2D eigenvalue weighted by Crippen LogP contribution is 2.28. The van der Waals surface area contributed by atoms with Crippen molar-refractivity contribution >= 4 is 28.5 Å². The highest BCUT2D eigenvalue weighted by Gasteiger charge is 2.27. The molecule has 0 aliphatic carbocycles. The van der Waals surface area contributed by atoms with E-state index in [0.29, 0.717) is 33.4 Å². The lowest BCUT2D eigenvalue weighted by molar-refractivity contribution is -0.125. The van der Waals surface area contributed by atoms with Gasteiger partial charge in [0.25, 0.3) is 5.91 Å². The molecule has 3 aromatic carbocycles. The van der Waals surface area contributed by atoms with Gasteiger partial charge in [0.1, 0.15) is 0 Å². The van der Waals surface area contributed by atoms with Crippen LogP contribution in [0.15, 0.2) is 103 Å². The average Bonchev–Trinajstić information content (AvgIpc) is 2.94. The van der Waals surface area contributed by atoms with Gasteiger partial charge in [0, 0.05) is 34.6 Å². The van der Waals surface area contributed by atoms with Crippen molar-refractivity contribution in [3.05, 3.63) is 126 Å². The van der Waals surface area contributed by atoms with Crippen molar-refractivity contribution in [3.8, 4) is 11.3 Å². The maximum atomic E-state index is 13.7. The van der Waals surface area contributed by atoms with E-state index in [2.05, 4.69) is 10.3 Å². The standard InChI is InChI=1S/C31H25N3O3/c1-20-14-15-21(2)27(17-20)34-30(35)29(22-9-4-3-5-10-22)37-31(36)25-18-28(23-11-8-16-32-19-23)33-26-13-7-6-12-24(25)26/h3-19,29H,1-2H3,(H,34,35). The maximum absolute atomic E-state index is 13.7. The Labute approximate surface area is 215 Å². The first-order valence-corrected chi connectivity index (χ1v) is 11.9. The molecule has 6 heteroatoms. The van der Waals surface area contributed by atoms with Crippen molar-refractivity contribution in [1.82, 2.24) is 9.97 Å². The van der Waals surface area contributed by atoms with Crippen LogP contribution in [-0.2, 0) is 9.53 Å². The second-order valence-corrected chi connectivity index (χ2v) is 8.82. The highest BCUT2D eigenvalue weighted by molar-refractivity contribution is 6.06. The summed E-state index contributed by atoms with van der Waals surface area (Å²) in [6.07, 6.45) is 2.22. The lowest BCUT2D eigenvalue weighted by Crippen LogP contribution is -2.26. The van der Waals surface area contributed by atoms with Crippen LogP contribution in [0, 0.1) is 13.8 Å². The zero-order valence-electron chi connectivity index (χ0n) is 20.5. The molecule has 0 spiro atoms. The summed E-state index contributed by atoms with van der Waals surface area (Å²) in [6.45, 7) is 3.87. The minimum Gasteiger partial charge on any atom is -0.444 e. The fraction of sp³-hybridized carbons (Fsp3) is 0.0968. The van der Waals surface area contributed by atoms with Crippen LogP contribution in [0.5, 0.6) is 0 Å². The third kappa shape index (κ3) is 5.23. The molecule has 0 saturated heterocycles. The van der Waals surface area contributed by atoms with Crippen LogP contribution in [0.25, 0.3) is 22.2 Å². The van der Waals surface area contributed by atoms with Crippen molar-refractivity contribution in [2.75, 3.05) is 5.32 Å². The Kier molecular flexibility index (Phi) is 6.72. The van der Waals surface area contributed by atoms with Gasteiger partial charge in [-0.1, -0.05) is 60.7 Å². The molecule has 6 nitrogen and oxygen atoms in total. The van der Waals surface area contributed by atoms with Gasteiger partial charge in [0.05, 0.1) is 16.8 Å². The van der Waals surface area contributed by atoms with E-state index in [1.807, 2.05) is 86.6 Å². The number of aromatic nitrogens is 2. The van der Waals surface area contributed by atoms with Crippen LogP contribution in [0.1, 0.15) is 33.2 Å². The molecule has 0 radical (unpaired) electrons. The summed E-state index contributed by atoms with van der Waals surface area (Å²) in [5.74, 6) is -1.05. The minimum absolute atomic E-state index is 0.324. The largest absolute Gasteiger partial charge is 0.444 e. The van der Waals surface area contributed by atoms with Gasteiger partial charge in [-0.2, -0.15) is 0 Å². The Morgan fingerprint density at radius 2 is 1.65 bits per heavy atom. The summed E-state index contributed by atoms with van der Waals surface area (Å²) < 4.78 is 5.93. The lowest BCUT2D eigenvalue weighted by atomic mass is 10.0. The Balaban J connectivity index is 1.53. The third-order valence-corrected chi connectivity index (χ3v) is 6.11. The predicted molar refractivity (Wildman–Crippen MR) is 144 cm³/mol. The zero-order valence-corrected chi connectivity index (χ0v) is 20.5. The van der Waals surface area contributed by atoms with Gasteiger partial charge in [0.2, 0.25) is 6.10 Å². The molecule has 0 aliphatic heterocycles. The molecule has 37 heavy (non-hydrogen) atoms. The SMILES string of the molecule is Cc1ccc(C)c(NC(=O)C(OC(=O)c2cc(-c3cccnc3)nc3ccccc23)c2ccccc2)c1. The molecule has 1 atom stereocenters. The molecule has 5 rings (SSSR count). The summed E-state index contributed by atoms with van der Waals surface area (Å²) in [6, 6.07) is 27.6. The molecule has 0 bridgehead atoms. The molecular weight excluding hydrogens is 462 g/mol. The van der Waals surface area contributed by atoms with Crippen molar-refractivity contribution in [3.63, 3.8) is 0 Å². The Morgan fingerprint density at radius 3 is 2.43 bits per heavy atom. The molecule has 0 saturated carbocycles. The fourth-order valence-corrected chi connectivity index (χ4v) is 4.15. The number of pyridine rings is 2. The minimum atomic E-state index is -1.15. The van der Waals surface area contributed by atoms with E-state index in [1.165, 1.54) is 0 Å². The molecule has 5 aromatic rings. The van der Waals surface area contributed by atoms with E-state index in [0.717, 1.165) is 16.7 Å². The van der Waals surface area contributed by atoms with E-state index in [4.69, 9.17) is 9.72 Å². The number of anilines is 1. The Morgan fingerprint density at radius 1 is 0.865 bits per heavy atom. The third-order valence-electron chi connectivity index (χ3n) is 6.11. The number of rotatable bonds is 6. The number of amides is 1. The van der Waals surface area contributed by atoms with Crippen LogP contribution in [0.4, 0.5) is 5.69 Å². The normalized spacial score (nSPS) is 11.6. The second kappa shape index (κ2) is 10.4. The number of hydrogen-bond donors (Lipinski definition) is 1. The molecule has 182 valence electrons. The number of hydrogen-bond acceptors (Lipinski definition) is 5. The topological polar surface area (TPSA) is 81.2 Å². The first-order valence-electron chi connectivity index (χ1n) is 11.9. The smallest absolute Gasteiger partial charge is 0.340 e. The number of benzene rings is 3. The monoisotopic (exact) mass is 487 g/mol. The predicted octanol–water partition coefficient (Wildman–Crippen LogP) is 6.45. The number of carbonyl (C=O) groups excluding carboxylic acids is 2. The Bertz CT molecular complexity index is 1580. The average molecular weight is 488 g/mol. The van der Waals surface area contributed by atoms with Gasteiger partial charge in [-0.05, 0) is 55.3 Å². The summed E-state index contributed by atoms with van der Waals surface area (Å²) in [4.78, 5) is 36.0. The molecule has 1 unspecified atom stereocenters. The number of esters is 1. The van der Waals surface area contributed by atoms with Crippen molar-refractivity contribution in [2.24, 2.45) is 0 Å². The molecule has 0 aliphatic rings. The van der Waals surface area contributed by atoms with E-state index in [1.54, 1.807) is 30.6 Å². The molecule has 2 aromatic heterocycles. The number of fused-ring (bicyclic) bond motifs is 1. The van der Waals surface area contributed by atoms with Crippen LogP contribution in [-0.4, -0.2) is 21.8 Å². The van der Waals surface area contributed by atoms with E-state index < -0.39 is 18.0 Å². The first kappa shape index (κ1) is 23.9.